The van der Waals surface area contributed by atoms with Crippen LogP contribution < -0.4 is 5.32 Å². The summed E-state index contributed by atoms with van der Waals surface area (Å²) in [5, 5.41) is 15.2. The summed E-state index contributed by atoms with van der Waals surface area (Å²) in [5.74, 6) is 0.745. The van der Waals surface area contributed by atoms with Crippen molar-refractivity contribution in [1.82, 2.24) is 30.4 Å². The van der Waals surface area contributed by atoms with Gasteiger partial charge in [-0.2, -0.15) is 4.80 Å². The average Bonchev–Trinajstić information content (AvgIpc) is 2.58. The molecule has 0 saturated carbocycles. The third-order valence-corrected chi connectivity index (χ3v) is 2.17. The zero-order valence-corrected chi connectivity index (χ0v) is 9.93. The van der Waals surface area contributed by atoms with Crippen LogP contribution in [0.5, 0.6) is 0 Å². The van der Waals surface area contributed by atoms with Gasteiger partial charge < -0.3 is 10.2 Å². The first kappa shape index (κ1) is 12.1. The van der Waals surface area contributed by atoms with Crippen LogP contribution >= 0.6 is 0 Å². The molecular weight excluding hydrogens is 192 g/mol. The molecule has 1 rings (SSSR count). The van der Waals surface area contributed by atoms with Gasteiger partial charge in [0.1, 0.15) is 0 Å². The van der Waals surface area contributed by atoms with Gasteiger partial charge in [0.05, 0.1) is 13.6 Å². The van der Waals surface area contributed by atoms with E-state index in [2.05, 4.69) is 46.6 Å². The quantitative estimate of drug-likeness (QED) is 0.698. The Kier molecular flexibility index (Phi) is 4.64. The molecule has 1 aromatic rings. The van der Waals surface area contributed by atoms with E-state index in [0.717, 1.165) is 18.8 Å². The second-order valence-electron chi connectivity index (χ2n) is 4.07. The van der Waals surface area contributed by atoms with Gasteiger partial charge >= 0.3 is 0 Å². The minimum atomic E-state index is 0.469. The maximum atomic E-state index is 4.10. The third kappa shape index (κ3) is 4.85. The Morgan fingerprint density at radius 1 is 1.47 bits per heavy atom. The predicted molar refractivity (Wildman–Crippen MR) is 58.3 cm³/mol. The molecule has 1 N–H and O–H groups in total. The highest BCUT2D eigenvalue weighted by Crippen LogP contribution is 1.94. The number of nitrogens with zero attached hydrogens (tertiary/aromatic N) is 5. The lowest BCUT2D eigenvalue weighted by Crippen LogP contribution is -2.29. The summed E-state index contributed by atoms with van der Waals surface area (Å²) in [5.41, 5.74) is 0. The van der Waals surface area contributed by atoms with Crippen molar-refractivity contribution in [2.45, 2.75) is 25.9 Å². The Morgan fingerprint density at radius 2 is 2.20 bits per heavy atom. The van der Waals surface area contributed by atoms with E-state index in [1.165, 1.54) is 4.80 Å². The average molecular weight is 212 g/mol. The summed E-state index contributed by atoms with van der Waals surface area (Å²) in [7, 11) is 5.93. The molecule has 86 valence electrons. The van der Waals surface area contributed by atoms with Crippen LogP contribution in [-0.2, 0) is 13.6 Å². The Morgan fingerprint density at radius 3 is 2.73 bits per heavy atom. The van der Waals surface area contributed by atoms with Crippen molar-refractivity contribution in [3.05, 3.63) is 5.82 Å². The molecule has 1 aromatic heterocycles. The number of aryl methyl sites for hydroxylation is 1. The highest BCUT2D eigenvalue weighted by atomic mass is 15.6. The zero-order valence-electron chi connectivity index (χ0n) is 9.93. The molecule has 0 saturated heterocycles. The minimum Gasteiger partial charge on any atom is -0.309 e. The molecule has 0 spiro atoms. The number of rotatable bonds is 6. The van der Waals surface area contributed by atoms with Crippen LogP contribution in [0.2, 0.25) is 0 Å². The number of hydrogen-bond donors (Lipinski definition) is 1. The first-order chi connectivity index (χ1) is 7.08. The lowest BCUT2D eigenvalue weighted by atomic mass is 10.2. The molecule has 0 radical (unpaired) electrons. The first-order valence-corrected chi connectivity index (χ1v) is 5.19. The van der Waals surface area contributed by atoms with Crippen LogP contribution in [-0.4, -0.2) is 51.8 Å². The molecule has 0 fully saturated rings. The van der Waals surface area contributed by atoms with Crippen molar-refractivity contribution in [1.29, 1.82) is 0 Å². The summed E-state index contributed by atoms with van der Waals surface area (Å²) in [6.45, 7) is 3.93. The molecular formula is C9H20N6. The minimum absolute atomic E-state index is 0.469. The van der Waals surface area contributed by atoms with E-state index >= 15 is 0 Å². The number of nitrogens with one attached hydrogen (secondary N) is 1. The molecule has 0 aliphatic heterocycles. The Hall–Kier alpha value is -1.01. The fourth-order valence-corrected chi connectivity index (χ4v) is 1.21. The molecule has 1 atom stereocenters. The summed E-state index contributed by atoms with van der Waals surface area (Å²) >= 11 is 0. The molecule has 0 aromatic carbocycles. The maximum Gasteiger partial charge on any atom is 0.188 e. The third-order valence-electron chi connectivity index (χ3n) is 2.17. The monoisotopic (exact) mass is 212 g/mol. The van der Waals surface area contributed by atoms with Gasteiger partial charge in [-0.3, -0.25) is 0 Å². The predicted octanol–water partition coefficient (Wildman–Crippen LogP) is -0.360. The standard InChI is InChI=1S/C9H20N6/c1-8(5-6-14(2)3)10-7-9-11-13-15(4)12-9/h8,10H,5-7H2,1-4H3. The fourth-order valence-electron chi connectivity index (χ4n) is 1.21. The van der Waals surface area contributed by atoms with Gasteiger partial charge in [-0.05, 0) is 39.2 Å². The largest absolute Gasteiger partial charge is 0.309 e. The second kappa shape index (κ2) is 5.77. The lowest BCUT2D eigenvalue weighted by Gasteiger charge is -2.15. The number of hydrogen-bond acceptors (Lipinski definition) is 5. The first-order valence-electron chi connectivity index (χ1n) is 5.19. The van der Waals surface area contributed by atoms with Crippen LogP contribution in [0.25, 0.3) is 0 Å². The van der Waals surface area contributed by atoms with Gasteiger partial charge in [-0.1, -0.05) is 0 Å². The highest BCUT2D eigenvalue weighted by Gasteiger charge is 2.04. The van der Waals surface area contributed by atoms with Crippen LogP contribution in [0.15, 0.2) is 0 Å². The van der Waals surface area contributed by atoms with Gasteiger partial charge in [0.15, 0.2) is 5.82 Å². The zero-order chi connectivity index (χ0) is 11.3. The smallest absolute Gasteiger partial charge is 0.188 e. The van der Waals surface area contributed by atoms with E-state index in [-0.39, 0.29) is 0 Å². The van der Waals surface area contributed by atoms with E-state index < -0.39 is 0 Å². The van der Waals surface area contributed by atoms with Gasteiger partial charge in [-0.25, -0.2) is 0 Å². The summed E-state index contributed by atoms with van der Waals surface area (Å²) in [6, 6.07) is 0.469. The molecule has 6 heteroatoms. The molecule has 1 heterocycles. The van der Waals surface area contributed by atoms with Crippen molar-refractivity contribution in [2.75, 3.05) is 20.6 Å². The second-order valence-corrected chi connectivity index (χ2v) is 4.07. The van der Waals surface area contributed by atoms with E-state index in [4.69, 9.17) is 0 Å². The van der Waals surface area contributed by atoms with E-state index in [1.54, 1.807) is 7.05 Å². The molecule has 1 unspecified atom stereocenters. The van der Waals surface area contributed by atoms with Crippen molar-refractivity contribution in [3.63, 3.8) is 0 Å². The SMILES string of the molecule is CC(CCN(C)C)NCc1nnn(C)n1. The fraction of sp³-hybridized carbons (Fsp3) is 0.889. The van der Waals surface area contributed by atoms with Crippen molar-refractivity contribution < 1.29 is 0 Å². The summed E-state index contributed by atoms with van der Waals surface area (Å²) in [4.78, 5) is 3.65. The van der Waals surface area contributed by atoms with Crippen molar-refractivity contribution in [2.24, 2.45) is 7.05 Å². The van der Waals surface area contributed by atoms with Crippen molar-refractivity contribution >= 4 is 0 Å². The number of tetrazole rings is 1. The van der Waals surface area contributed by atoms with Crippen LogP contribution in [0, 0.1) is 0 Å². The highest BCUT2D eigenvalue weighted by molar-refractivity contribution is 4.76. The molecule has 0 amide bonds. The van der Waals surface area contributed by atoms with Crippen molar-refractivity contribution in [3.8, 4) is 0 Å². The Labute approximate surface area is 90.6 Å². The van der Waals surface area contributed by atoms with Gasteiger partial charge in [0.25, 0.3) is 0 Å². The summed E-state index contributed by atoms with van der Waals surface area (Å²) < 4.78 is 0. The topological polar surface area (TPSA) is 58.9 Å². The Balaban J connectivity index is 2.19. The maximum absolute atomic E-state index is 4.10. The van der Waals surface area contributed by atoms with E-state index in [0.29, 0.717) is 12.6 Å². The van der Waals surface area contributed by atoms with Gasteiger partial charge in [0.2, 0.25) is 0 Å². The van der Waals surface area contributed by atoms with E-state index in [9.17, 15) is 0 Å². The summed E-state index contributed by atoms with van der Waals surface area (Å²) in [6.07, 6.45) is 1.12. The molecule has 6 nitrogen and oxygen atoms in total. The lowest BCUT2D eigenvalue weighted by molar-refractivity contribution is 0.364. The Bertz CT molecular complexity index is 282. The van der Waals surface area contributed by atoms with E-state index in [1.807, 2.05) is 0 Å². The van der Waals surface area contributed by atoms with Crippen LogP contribution in [0.3, 0.4) is 0 Å². The number of aromatic nitrogens is 4. The molecule has 0 bridgehead atoms. The molecule has 0 aliphatic carbocycles. The normalized spacial score (nSPS) is 13.4. The molecule has 15 heavy (non-hydrogen) atoms. The van der Waals surface area contributed by atoms with Crippen LogP contribution in [0.1, 0.15) is 19.2 Å². The molecule has 0 aliphatic rings. The van der Waals surface area contributed by atoms with Gasteiger partial charge in [-0.15, -0.1) is 10.2 Å². The van der Waals surface area contributed by atoms with Gasteiger partial charge in [0, 0.05) is 6.04 Å². The van der Waals surface area contributed by atoms with Crippen LogP contribution in [0.4, 0.5) is 0 Å².